The van der Waals surface area contributed by atoms with Crippen LogP contribution in [0.2, 0.25) is 0 Å². The van der Waals surface area contributed by atoms with Gasteiger partial charge in [0.2, 0.25) is 5.95 Å². The Morgan fingerprint density at radius 2 is 1.87 bits per heavy atom. The Balaban J connectivity index is 1.67. The zero-order valence-electron chi connectivity index (χ0n) is 16.7. The molecule has 9 nitrogen and oxygen atoms in total. The average molecular weight is 488 g/mol. The van der Waals surface area contributed by atoms with Crippen LogP contribution < -0.4 is 4.90 Å². The van der Waals surface area contributed by atoms with Crippen LogP contribution in [0.25, 0.3) is 10.9 Å². The third-order valence-electron chi connectivity index (χ3n) is 5.44. The molecule has 162 valence electrons. The van der Waals surface area contributed by atoms with Crippen molar-refractivity contribution in [1.82, 2.24) is 19.4 Å². The fourth-order valence-corrected chi connectivity index (χ4v) is 4.47. The van der Waals surface area contributed by atoms with E-state index in [1.165, 1.54) is 0 Å². The number of fused-ring (bicyclic) bond motifs is 1. The number of rotatable bonds is 6. The van der Waals surface area contributed by atoms with Crippen molar-refractivity contribution in [2.45, 2.75) is 19.0 Å². The third-order valence-corrected chi connectivity index (χ3v) is 5.93. The standard InChI is InChI=1S/C21H22BrN5O4/c22-14-3-4-15-16(12-27(13-18(28)29)17(15)11-14)19(20(30)31)25-7-2-8-26(10-9-25)21-23-5-1-6-24-21/h1,3-6,11-12,19H,2,7-10,13H2,(H,28,29)(H,30,31)/t19-/m0/s1. The van der Waals surface area contributed by atoms with Crippen molar-refractivity contribution in [2.24, 2.45) is 0 Å². The van der Waals surface area contributed by atoms with E-state index in [4.69, 9.17) is 0 Å². The van der Waals surface area contributed by atoms with E-state index >= 15 is 0 Å². The van der Waals surface area contributed by atoms with Crippen LogP contribution in [-0.4, -0.2) is 67.8 Å². The number of nitrogens with zero attached hydrogens (tertiary/aromatic N) is 5. The molecule has 3 heterocycles. The van der Waals surface area contributed by atoms with Crippen LogP contribution in [0.15, 0.2) is 47.3 Å². The first-order chi connectivity index (χ1) is 14.9. The van der Waals surface area contributed by atoms with Crippen molar-refractivity contribution in [1.29, 1.82) is 0 Å². The second kappa shape index (κ2) is 9.03. The summed E-state index contributed by atoms with van der Waals surface area (Å²) in [6, 6.07) is 6.38. The molecule has 0 radical (unpaired) electrons. The quantitative estimate of drug-likeness (QED) is 0.545. The zero-order chi connectivity index (χ0) is 22.0. The molecule has 0 aliphatic carbocycles. The molecule has 0 bridgehead atoms. The maximum atomic E-state index is 12.4. The largest absolute Gasteiger partial charge is 0.480 e. The minimum Gasteiger partial charge on any atom is -0.480 e. The van der Waals surface area contributed by atoms with E-state index in [0.717, 1.165) is 22.8 Å². The summed E-state index contributed by atoms with van der Waals surface area (Å²) in [5, 5.41) is 20.2. The highest BCUT2D eigenvalue weighted by Crippen LogP contribution is 2.33. The van der Waals surface area contributed by atoms with E-state index in [1.54, 1.807) is 29.2 Å². The van der Waals surface area contributed by atoms with Crippen molar-refractivity contribution in [3.63, 3.8) is 0 Å². The fourth-order valence-electron chi connectivity index (χ4n) is 4.12. The highest BCUT2D eigenvalue weighted by molar-refractivity contribution is 9.10. The summed E-state index contributed by atoms with van der Waals surface area (Å²) >= 11 is 3.42. The second-order valence-electron chi connectivity index (χ2n) is 7.43. The molecule has 1 saturated heterocycles. The summed E-state index contributed by atoms with van der Waals surface area (Å²) in [4.78, 5) is 36.3. The first-order valence-corrected chi connectivity index (χ1v) is 10.7. The van der Waals surface area contributed by atoms with Crippen LogP contribution in [0.1, 0.15) is 18.0 Å². The van der Waals surface area contributed by atoms with Gasteiger partial charge < -0.3 is 19.7 Å². The van der Waals surface area contributed by atoms with Crippen molar-refractivity contribution in [2.75, 3.05) is 31.1 Å². The molecular weight excluding hydrogens is 466 g/mol. The lowest BCUT2D eigenvalue weighted by atomic mass is 10.0. The van der Waals surface area contributed by atoms with Gasteiger partial charge in [0.05, 0.1) is 5.52 Å². The number of halogens is 1. The lowest BCUT2D eigenvalue weighted by molar-refractivity contribution is -0.143. The van der Waals surface area contributed by atoms with Crippen LogP contribution >= 0.6 is 15.9 Å². The van der Waals surface area contributed by atoms with Gasteiger partial charge in [0, 0.05) is 60.2 Å². The molecule has 4 rings (SSSR count). The molecule has 0 amide bonds. The Bertz CT molecular complexity index is 1100. The number of carboxylic acids is 2. The lowest BCUT2D eigenvalue weighted by Crippen LogP contribution is -2.37. The first-order valence-electron chi connectivity index (χ1n) is 9.93. The summed E-state index contributed by atoms with van der Waals surface area (Å²) in [7, 11) is 0. The SMILES string of the molecule is O=C(O)Cn1cc([C@@H](C(=O)O)N2CCCN(c3ncccn3)CC2)c2ccc(Br)cc21. The predicted octanol–water partition coefficient (Wildman–Crippen LogP) is 2.62. The van der Waals surface area contributed by atoms with Gasteiger partial charge in [-0.2, -0.15) is 0 Å². The monoisotopic (exact) mass is 487 g/mol. The summed E-state index contributed by atoms with van der Waals surface area (Å²) in [6.45, 7) is 2.23. The van der Waals surface area contributed by atoms with Crippen LogP contribution in [0, 0.1) is 0 Å². The number of aliphatic carboxylic acids is 2. The van der Waals surface area contributed by atoms with Gasteiger partial charge in [-0.05, 0) is 24.6 Å². The first kappa shape index (κ1) is 21.3. The van der Waals surface area contributed by atoms with Gasteiger partial charge in [0.25, 0.3) is 0 Å². The van der Waals surface area contributed by atoms with E-state index in [-0.39, 0.29) is 6.54 Å². The molecule has 0 unspecified atom stereocenters. The van der Waals surface area contributed by atoms with Gasteiger partial charge >= 0.3 is 11.9 Å². The van der Waals surface area contributed by atoms with Crippen LogP contribution in [0.3, 0.4) is 0 Å². The molecule has 0 saturated carbocycles. The molecule has 2 aromatic heterocycles. The molecule has 0 spiro atoms. The molecule has 1 fully saturated rings. The number of carboxylic acid groups (broad SMARTS) is 2. The summed E-state index contributed by atoms with van der Waals surface area (Å²) in [6.07, 6.45) is 5.81. The maximum Gasteiger partial charge on any atom is 0.325 e. The Hall–Kier alpha value is -2.98. The fraction of sp³-hybridized carbons (Fsp3) is 0.333. The van der Waals surface area contributed by atoms with Crippen LogP contribution in [0.5, 0.6) is 0 Å². The second-order valence-corrected chi connectivity index (χ2v) is 8.35. The third kappa shape index (κ3) is 4.54. The molecule has 31 heavy (non-hydrogen) atoms. The number of hydrogen-bond acceptors (Lipinski definition) is 6. The van der Waals surface area contributed by atoms with Crippen LogP contribution in [0.4, 0.5) is 5.95 Å². The number of anilines is 1. The molecule has 3 aromatic rings. The lowest BCUT2D eigenvalue weighted by Gasteiger charge is -2.27. The van der Waals surface area contributed by atoms with E-state index in [9.17, 15) is 19.8 Å². The highest BCUT2D eigenvalue weighted by Gasteiger charge is 2.32. The van der Waals surface area contributed by atoms with Crippen molar-refractivity contribution in [3.8, 4) is 0 Å². The van der Waals surface area contributed by atoms with Crippen molar-refractivity contribution in [3.05, 3.63) is 52.9 Å². The number of aromatic nitrogens is 3. The van der Waals surface area contributed by atoms with Crippen LogP contribution in [-0.2, 0) is 16.1 Å². The topological polar surface area (TPSA) is 112 Å². The Labute approximate surface area is 187 Å². The van der Waals surface area contributed by atoms with Gasteiger partial charge in [0.15, 0.2) is 0 Å². The summed E-state index contributed by atoms with van der Waals surface area (Å²) < 4.78 is 2.40. The molecule has 10 heteroatoms. The van der Waals surface area contributed by atoms with Gasteiger partial charge in [-0.3, -0.25) is 14.5 Å². The Morgan fingerprint density at radius 1 is 1.10 bits per heavy atom. The molecule has 1 atom stereocenters. The van der Waals surface area contributed by atoms with E-state index in [2.05, 4.69) is 30.8 Å². The summed E-state index contributed by atoms with van der Waals surface area (Å²) in [5.41, 5.74) is 1.29. The molecule has 1 aromatic carbocycles. The average Bonchev–Trinajstić information content (AvgIpc) is 2.91. The minimum absolute atomic E-state index is 0.238. The van der Waals surface area contributed by atoms with E-state index < -0.39 is 18.0 Å². The van der Waals surface area contributed by atoms with Crippen molar-refractivity contribution < 1.29 is 19.8 Å². The van der Waals surface area contributed by atoms with E-state index in [1.807, 2.05) is 23.1 Å². The van der Waals surface area contributed by atoms with Crippen molar-refractivity contribution >= 4 is 44.7 Å². The predicted molar refractivity (Wildman–Crippen MR) is 118 cm³/mol. The van der Waals surface area contributed by atoms with E-state index in [0.29, 0.717) is 36.7 Å². The Morgan fingerprint density at radius 3 is 2.58 bits per heavy atom. The Kier molecular flexibility index (Phi) is 6.19. The van der Waals surface area contributed by atoms with Gasteiger partial charge in [-0.15, -0.1) is 0 Å². The number of carbonyl (C=O) groups is 2. The smallest absolute Gasteiger partial charge is 0.325 e. The number of hydrogen-bond donors (Lipinski definition) is 2. The summed E-state index contributed by atoms with van der Waals surface area (Å²) in [5.74, 6) is -1.30. The maximum absolute atomic E-state index is 12.4. The molecule has 1 aliphatic rings. The minimum atomic E-state index is -0.983. The number of benzene rings is 1. The molecular formula is C21H22BrN5O4. The van der Waals surface area contributed by atoms with Gasteiger partial charge in [-0.25, -0.2) is 9.97 Å². The van der Waals surface area contributed by atoms with Gasteiger partial charge in [-0.1, -0.05) is 22.0 Å². The normalized spacial score (nSPS) is 16.2. The molecule has 2 N–H and O–H groups in total. The molecule has 1 aliphatic heterocycles. The van der Waals surface area contributed by atoms with Gasteiger partial charge in [0.1, 0.15) is 12.6 Å². The highest BCUT2D eigenvalue weighted by atomic mass is 79.9. The zero-order valence-corrected chi connectivity index (χ0v) is 18.3.